The number of pyridine rings is 1. The molecule has 1 aromatic heterocycles. The van der Waals surface area contributed by atoms with E-state index in [1.165, 1.54) is 0 Å². The Kier molecular flexibility index (Phi) is 3.44. The summed E-state index contributed by atoms with van der Waals surface area (Å²) in [5, 5.41) is 3.98. The molecule has 4 heteroatoms. The second-order valence-corrected chi connectivity index (χ2v) is 3.88. The number of rotatable bonds is 4. The zero-order valence-corrected chi connectivity index (χ0v) is 10.1. The Morgan fingerprint density at radius 2 is 2.12 bits per heavy atom. The van der Waals surface area contributed by atoms with Gasteiger partial charge in [0.25, 0.3) is 5.56 Å². The van der Waals surface area contributed by atoms with E-state index in [-0.39, 0.29) is 5.56 Å². The smallest absolute Gasteiger partial charge is 0.293 e. The van der Waals surface area contributed by atoms with Gasteiger partial charge >= 0.3 is 0 Å². The van der Waals surface area contributed by atoms with Crippen LogP contribution in [0.3, 0.4) is 0 Å². The van der Waals surface area contributed by atoms with Crippen molar-refractivity contribution in [2.24, 2.45) is 7.05 Å². The molecule has 1 heterocycles. The van der Waals surface area contributed by atoms with Gasteiger partial charge in [-0.2, -0.15) is 0 Å². The predicted octanol–water partition coefficient (Wildman–Crippen LogP) is 1.14. The maximum atomic E-state index is 12.0. The fourth-order valence-electron chi connectivity index (χ4n) is 1.76. The number of hydrogen-bond donors (Lipinski definition) is 1. The number of nitrogens with one attached hydrogen (secondary N) is 1. The lowest BCUT2D eigenvalue weighted by atomic mass is 10.2. The second-order valence-electron chi connectivity index (χ2n) is 3.88. The Balaban J connectivity index is 2.43. The van der Waals surface area contributed by atoms with Crippen molar-refractivity contribution in [1.82, 2.24) is 9.88 Å². The van der Waals surface area contributed by atoms with E-state index in [1.807, 2.05) is 31.3 Å². The topological polar surface area (TPSA) is 43.3 Å². The molecule has 17 heavy (non-hydrogen) atoms. The predicted molar refractivity (Wildman–Crippen MR) is 68.6 cm³/mol. The third kappa shape index (κ3) is 2.31. The highest BCUT2D eigenvalue weighted by Crippen LogP contribution is 2.15. The van der Waals surface area contributed by atoms with Gasteiger partial charge in [-0.3, -0.25) is 4.79 Å². The molecule has 0 aliphatic rings. The maximum Gasteiger partial charge on any atom is 0.293 e. The van der Waals surface area contributed by atoms with Crippen molar-refractivity contribution in [3.8, 4) is 5.75 Å². The first-order valence-electron chi connectivity index (χ1n) is 5.60. The summed E-state index contributed by atoms with van der Waals surface area (Å²) in [5.74, 6) is 0.404. The summed E-state index contributed by atoms with van der Waals surface area (Å²) in [6.07, 6.45) is 0. The van der Waals surface area contributed by atoms with Gasteiger partial charge in [-0.05, 0) is 19.2 Å². The number of ether oxygens (including phenoxy) is 1. The molecular formula is C13H16N2O2. The number of aryl methyl sites for hydroxylation is 1. The number of fused-ring (bicyclic) bond motifs is 1. The highest BCUT2D eigenvalue weighted by Gasteiger charge is 2.06. The molecule has 4 nitrogen and oxygen atoms in total. The number of para-hydroxylation sites is 1. The maximum absolute atomic E-state index is 12.0. The first-order valence-corrected chi connectivity index (χ1v) is 5.60. The molecular weight excluding hydrogens is 216 g/mol. The van der Waals surface area contributed by atoms with Gasteiger partial charge in [0.05, 0.1) is 5.52 Å². The van der Waals surface area contributed by atoms with Crippen LogP contribution in [0.4, 0.5) is 0 Å². The van der Waals surface area contributed by atoms with Crippen LogP contribution in [0.2, 0.25) is 0 Å². The molecule has 2 aromatic rings. The molecule has 2 rings (SSSR count). The van der Waals surface area contributed by atoms with E-state index in [2.05, 4.69) is 5.32 Å². The molecule has 0 bridgehead atoms. The van der Waals surface area contributed by atoms with Gasteiger partial charge in [0.1, 0.15) is 6.61 Å². The highest BCUT2D eigenvalue weighted by molar-refractivity contribution is 5.80. The molecule has 1 N–H and O–H groups in total. The zero-order valence-electron chi connectivity index (χ0n) is 10.1. The van der Waals surface area contributed by atoms with Crippen molar-refractivity contribution in [3.63, 3.8) is 0 Å². The van der Waals surface area contributed by atoms with Crippen molar-refractivity contribution >= 4 is 10.9 Å². The van der Waals surface area contributed by atoms with Gasteiger partial charge in [0, 0.05) is 19.0 Å². The lowest BCUT2D eigenvalue weighted by Crippen LogP contribution is -2.23. The molecule has 0 amide bonds. The van der Waals surface area contributed by atoms with E-state index in [1.54, 1.807) is 17.7 Å². The first-order chi connectivity index (χ1) is 8.24. The van der Waals surface area contributed by atoms with Crippen molar-refractivity contribution in [2.45, 2.75) is 0 Å². The van der Waals surface area contributed by atoms with Crippen LogP contribution in [-0.4, -0.2) is 24.8 Å². The van der Waals surface area contributed by atoms with Crippen LogP contribution in [-0.2, 0) is 7.05 Å². The van der Waals surface area contributed by atoms with E-state index in [0.717, 1.165) is 17.4 Å². The molecule has 0 radical (unpaired) electrons. The van der Waals surface area contributed by atoms with Gasteiger partial charge in [-0.15, -0.1) is 0 Å². The lowest BCUT2D eigenvalue weighted by molar-refractivity contribution is 0.313. The van der Waals surface area contributed by atoms with Crippen LogP contribution in [0.15, 0.2) is 35.1 Å². The average molecular weight is 232 g/mol. The molecule has 0 saturated heterocycles. The van der Waals surface area contributed by atoms with Crippen LogP contribution in [0, 0.1) is 0 Å². The van der Waals surface area contributed by atoms with Crippen molar-refractivity contribution in [2.75, 3.05) is 20.2 Å². The Bertz CT molecular complexity index is 575. The molecule has 1 aromatic carbocycles. The number of benzene rings is 1. The molecule has 0 fully saturated rings. The molecule has 0 spiro atoms. The standard InChI is InChI=1S/C13H16N2O2/c1-14-7-8-17-12-9-10-5-3-4-6-11(10)15(2)13(12)16/h3-6,9,14H,7-8H2,1-2H3. The number of likely N-dealkylation sites (N-methyl/N-ethyl adjacent to an activating group) is 1. The number of nitrogens with zero attached hydrogens (tertiary/aromatic N) is 1. The molecule has 0 saturated carbocycles. The van der Waals surface area contributed by atoms with Crippen LogP contribution in [0.1, 0.15) is 0 Å². The van der Waals surface area contributed by atoms with E-state index in [0.29, 0.717) is 12.4 Å². The fraction of sp³-hybridized carbons (Fsp3) is 0.308. The van der Waals surface area contributed by atoms with Gasteiger partial charge < -0.3 is 14.6 Å². The van der Waals surface area contributed by atoms with Gasteiger partial charge in [-0.25, -0.2) is 0 Å². The normalized spacial score (nSPS) is 10.7. The van der Waals surface area contributed by atoms with E-state index < -0.39 is 0 Å². The zero-order chi connectivity index (χ0) is 12.3. The molecule has 0 aliphatic carbocycles. The van der Waals surface area contributed by atoms with E-state index in [4.69, 9.17) is 4.74 Å². The quantitative estimate of drug-likeness (QED) is 0.804. The first kappa shape index (κ1) is 11.7. The number of aromatic nitrogens is 1. The van der Waals surface area contributed by atoms with Gasteiger partial charge in [-0.1, -0.05) is 18.2 Å². The lowest BCUT2D eigenvalue weighted by Gasteiger charge is -2.09. The SMILES string of the molecule is CNCCOc1cc2ccccc2n(C)c1=O. The summed E-state index contributed by atoms with van der Waals surface area (Å²) in [4.78, 5) is 12.0. The van der Waals surface area contributed by atoms with Crippen molar-refractivity contribution in [3.05, 3.63) is 40.7 Å². The largest absolute Gasteiger partial charge is 0.487 e. The molecule has 0 unspecified atom stereocenters. The van der Waals surface area contributed by atoms with Crippen LogP contribution < -0.4 is 15.6 Å². The van der Waals surface area contributed by atoms with Crippen LogP contribution >= 0.6 is 0 Å². The average Bonchev–Trinajstić information content (AvgIpc) is 2.35. The summed E-state index contributed by atoms with van der Waals surface area (Å²) >= 11 is 0. The molecule has 0 aliphatic heterocycles. The van der Waals surface area contributed by atoms with Crippen LogP contribution in [0.5, 0.6) is 5.75 Å². The minimum Gasteiger partial charge on any atom is -0.487 e. The second kappa shape index (κ2) is 5.01. The van der Waals surface area contributed by atoms with Crippen molar-refractivity contribution in [1.29, 1.82) is 0 Å². The summed E-state index contributed by atoms with van der Waals surface area (Å²) in [5.41, 5.74) is 0.818. The fourth-order valence-corrected chi connectivity index (χ4v) is 1.76. The Morgan fingerprint density at radius 1 is 1.35 bits per heavy atom. The van der Waals surface area contributed by atoms with Gasteiger partial charge in [0.15, 0.2) is 5.75 Å². The summed E-state index contributed by atoms with van der Waals surface area (Å²) in [6, 6.07) is 9.56. The minimum absolute atomic E-state index is 0.0974. The Hall–Kier alpha value is -1.81. The highest BCUT2D eigenvalue weighted by atomic mass is 16.5. The third-order valence-electron chi connectivity index (χ3n) is 2.71. The van der Waals surface area contributed by atoms with Gasteiger partial charge in [0.2, 0.25) is 0 Å². The molecule has 0 atom stereocenters. The Morgan fingerprint density at radius 3 is 2.88 bits per heavy atom. The summed E-state index contributed by atoms with van der Waals surface area (Å²) in [6.45, 7) is 1.21. The summed E-state index contributed by atoms with van der Waals surface area (Å²) < 4.78 is 7.09. The van der Waals surface area contributed by atoms with E-state index in [9.17, 15) is 4.79 Å². The number of hydrogen-bond acceptors (Lipinski definition) is 3. The minimum atomic E-state index is -0.0974. The molecule has 90 valence electrons. The van der Waals surface area contributed by atoms with Crippen LogP contribution in [0.25, 0.3) is 10.9 Å². The monoisotopic (exact) mass is 232 g/mol. The summed E-state index contributed by atoms with van der Waals surface area (Å²) in [7, 11) is 3.61. The Labute approximate surface area is 99.8 Å². The third-order valence-corrected chi connectivity index (χ3v) is 2.71. The van der Waals surface area contributed by atoms with E-state index >= 15 is 0 Å². The van der Waals surface area contributed by atoms with Crippen molar-refractivity contribution < 1.29 is 4.74 Å².